The molecule has 1 aliphatic heterocycles. The molecule has 2 aromatic rings. The Labute approximate surface area is 162 Å². The lowest BCUT2D eigenvalue weighted by molar-refractivity contribution is -0.384. The maximum Gasteiger partial charge on any atom is 0.269 e. The molecule has 1 aromatic heterocycles. The first-order valence-corrected chi connectivity index (χ1v) is 8.67. The molecule has 0 radical (unpaired) electrons. The molecule has 1 atom stereocenters. The van der Waals surface area contributed by atoms with Crippen LogP contribution in [0.3, 0.4) is 0 Å². The highest BCUT2D eigenvalue weighted by Crippen LogP contribution is 2.35. The number of non-ortho nitro benzene ring substituents is 1. The van der Waals surface area contributed by atoms with E-state index >= 15 is 0 Å². The number of carbonyl (C=O) groups is 1. The third-order valence-corrected chi connectivity index (χ3v) is 4.40. The highest BCUT2D eigenvalue weighted by atomic mass is 16.6. The Hall–Kier alpha value is -3.46. The fraction of sp³-hybridized carbons (Fsp3) is 0.263. The molecular formula is C19H22N6O3. The normalized spacial score (nSPS) is 19.2. The maximum absolute atomic E-state index is 12.5. The molecule has 28 heavy (non-hydrogen) atoms. The molecule has 0 spiro atoms. The number of nitrogens with two attached hydrogens (primary N) is 1. The number of nitro groups is 1. The van der Waals surface area contributed by atoms with E-state index in [1.807, 2.05) is 26.8 Å². The zero-order valence-corrected chi connectivity index (χ0v) is 15.8. The van der Waals surface area contributed by atoms with Crippen molar-refractivity contribution in [3.8, 4) is 0 Å². The minimum Gasteiger partial charge on any atom is -0.367 e. The predicted molar refractivity (Wildman–Crippen MR) is 105 cm³/mol. The van der Waals surface area contributed by atoms with E-state index in [1.165, 1.54) is 24.3 Å². The summed E-state index contributed by atoms with van der Waals surface area (Å²) in [6, 6.07) is 11.2. The van der Waals surface area contributed by atoms with Gasteiger partial charge in [0.15, 0.2) is 5.54 Å². The Morgan fingerprint density at radius 1 is 1.25 bits per heavy atom. The summed E-state index contributed by atoms with van der Waals surface area (Å²) in [5.74, 6) is 0.575. The number of amides is 1. The Kier molecular flexibility index (Phi) is 4.78. The second-order valence-corrected chi connectivity index (χ2v) is 7.46. The highest BCUT2D eigenvalue weighted by molar-refractivity contribution is 5.89. The number of primary amides is 1. The van der Waals surface area contributed by atoms with E-state index in [0.717, 1.165) is 0 Å². The second-order valence-electron chi connectivity index (χ2n) is 7.46. The SMILES string of the molecule is CC(C)(C)N1NC(C(N)=O)(c2ccc([N+](=O)[O-])cc2)C=C1Nc1ccccn1. The fourth-order valence-electron chi connectivity index (χ4n) is 2.99. The van der Waals surface area contributed by atoms with E-state index < -0.39 is 21.9 Å². The number of hydrazine groups is 1. The van der Waals surface area contributed by atoms with Crippen molar-refractivity contribution in [1.82, 2.24) is 15.4 Å². The quantitative estimate of drug-likeness (QED) is 0.535. The minimum absolute atomic E-state index is 0.0649. The van der Waals surface area contributed by atoms with E-state index in [2.05, 4.69) is 15.7 Å². The van der Waals surface area contributed by atoms with Gasteiger partial charge in [0, 0.05) is 23.9 Å². The van der Waals surface area contributed by atoms with Gasteiger partial charge in [-0.05, 0) is 56.7 Å². The number of nitrogens with zero attached hydrogens (tertiary/aromatic N) is 3. The van der Waals surface area contributed by atoms with Crippen LogP contribution in [0.4, 0.5) is 11.5 Å². The third kappa shape index (κ3) is 3.52. The van der Waals surface area contributed by atoms with Crippen molar-refractivity contribution in [2.45, 2.75) is 31.8 Å². The Bertz CT molecular complexity index is 921. The summed E-state index contributed by atoms with van der Waals surface area (Å²) < 4.78 is 0. The molecule has 0 bridgehead atoms. The number of nitrogens with one attached hydrogen (secondary N) is 2. The summed E-state index contributed by atoms with van der Waals surface area (Å²) in [5.41, 5.74) is 7.62. The number of hydrogen-bond donors (Lipinski definition) is 3. The molecule has 4 N–H and O–H groups in total. The molecule has 1 aromatic carbocycles. The molecule has 0 saturated carbocycles. The van der Waals surface area contributed by atoms with E-state index in [-0.39, 0.29) is 5.69 Å². The Morgan fingerprint density at radius 3 is 2.43 bits per heavy atom. The summed E-state index contributed by atoms with van der Waals surface area (Å²) in [7, 11) is 0. The topological polar surface area (TPSA) is 126 Å². The van der Waals surface area contributed by atoms with Crippen molar-refractivity contribution in [3.05, 3.63) is 76.2 Å². The molecule has 9 nitrogen and oxygen atoms in total. The van der Waals surface area contributed by atoms with E-state index in [0.29, 0.717) is 17.2 Å². The van der Waals surface area contributed by atoms with Crippen LogP contribution in [-0.4, -0.2) is 26.4 Å². The molecule has 1 aliphatic rings. The average molecular weight is 382 g/mol. The monoisotopic (exact) mass is 382 g/mol. The van der Waals surface area contributed by atoms with E-state index in [4.69, 9.17) is 5.73 Å². The standard InChI is InChI=1S/C19H22N6O3/c1-18(2,3)24-16(22-15-6-4-5-11-21-15)12-19(23-24,17(20)26)13-7-9-14(10-8-13)25(27)28/h4-12,23H,1-3H3,(H2,20,26)(H,21,22). The van der Waals surface area contributed by atoms with Crippen LogP contribution in [0.1, 0.15) is 26.3 Å². The fourth-order valence-corrected chi connectivity index (χ4v) is 2.99. The van der Waals surface area contributed by atoms with Crippen LogP contribution in [0, 0.1) is 10.1 Å². The molecule has 0 aliphatic carbocycles. The largest absolute Gasteiger partial charge is 0.367 e. The molecule has 0 fully saturated rings. The summed E-state index contributed by atoms with van der Waals surface area (Å²) in [6.07, 6.45) is 3.33. The third-order valence-electron chi connectivity index (χ3n) is 4.40. The summed E-state index contributed by atoms with van der Waals surface area (Å²) >= 11 is 0. The number of anilines is 1. The van der Waals surface area contributed by atoms with Gasteiger partial charge in [0.05, 0.1) is 4.92 Å². The lowest BCUT2D eigenvalue weighted by Gasteiger charge is -2.38. The molecule has 1 unspecified atom stereocenters. The number of pyridine rings is 1. The molecule has 146 valence electrons. The van der Waals surface area contributed by atoms with Crippen molar-refractivity contribution in [1.29, 1.82) is 0 Å². The zero-order valence-electron chi connectivity index (χ0n) is 15.8. The van der Waals surface area contributed by atoms with Crippen LogP contribution in [0.15, 0.2) is 60.6 Å². The van der Waals surface area contributed by atoms with Gasteiger partial charge in [-0.1, -0.05) is 6.07 Å². The van der Waals surface area contributed by atoms with Crippen molar-refractivity contribution < 1.29 is 9.72 Å². The number of hydrogen-bond acceptors (Lipinski definition) is 7. The van der Waals surface area contributed by atoms with Crippen molar-refractivity contribution in [3.63, 3.8) is 0 Å². The molecule has 2 heterocycles. The molecule has 1 amide bonds. The molecular weight excluding hydrogens is 360 g/mol. The minimum atomic E-state index is -1.36. The Morgan fingerprint density at radius 2 is 1.93 bits per heavy atom. The summed E-state index contributed by atoms with van der Waals surface area (Å²) in [6.45, 7) is 5.92. The number of aromatic nitrogens is 1. The van der Waals surface area contributed by atoms with Gasteiger partial charge in [-0.25, -0.2) is 10.4 Å². The van der Waals surface area contributed by atoms with Crippen LogP contribution in [-0.2, 0) is 10.3 Å². The lowest BCUT2D eigenvalue weighted by Crippen LogP contribution is -2.57. The number of nitro benzene ring substituents is 1. The van der Waals surface area contributed by atoms with Gasteiger partial charge < -0.3 is 11.1 Å². The maximum atomic E-state index is 12.5. The van der Waals surface area contributed by atoms with Gasteiger partial charge in [-0.2, -0.15) is 0 Å². The van der Waals surface area contributed by atoms with Crippen LogP contribution in [0.25, 0.3) is 0 Å². The van der Waals surface area contributed by atoms with E-state index in [9.17, 15) is 14.9 Å². The first-order chi connectivity index (χ1) is 13.1. The van der Waals surface area contributed by atoms with Gasteiger partial charge in [0.2, 0.25) is 5.91 Å². The summed E-state index contributed by atoms with van der Waals surface area (Å²) in [4.78, 5) is 27.2. The average Bonchev–Trinajstić information content (AvgIpc) is 3.04. The van der Waals surface area contributed by atoms with Crippen LogP contribution >= 0.6 is 0 Å². The van der Waals surface area contributed by atoms with Crippen LogP contribution in [0.5, 0.6) is 0 Å². The van der Waals surface area contributed by atoms with Crippen LogP contribution < -0.4 is 16.5 Å². The predicted octanol–water partition coefficient (Wildman–Crippen LogP) is 2.24. The van der Waals surface area contributed by atoms with Gasteiger partial charge in [-0.3, -0.25) is 19.9 Å². The summed E-state index contributed by atoms with van der Waals surface area (Å²) in [5, 5.41) is 16.0. The van der Waals surface area contributed by atoms with Gasteiger partial charge in [0.1, 0.15) is 11.6 Å². The molecule has 3 rings (SSSR count). The van der Waals surface area contributed by atoms with Gasteiger partial charge >= 0.3 is 0 Å². The van der Waals surface area contributed by atoms with E-state index in [1.54, 1.807) is 29.4 Å². The van der Waals surface area contributed by atoms with Gasteiger partial charge in [-0.15, -0.1) is 0 Å². The van der Waals surface area contributed by atoms with Crippen molar-refractivity contribution in [2.24, 2.45) is 5.73 Å². The lowest BCUT2D eigenvalue weighted by atomic mass is 9.90. The van der Waals surface area contributed by atoms with Gasteiger partial charge in [0.25, 0.3) is 5.69 Å². The van der Waals surface area contributed by atoms with Crippen molar-refractivity contribution in [2.75, 3.05) is 5.32 Å². The smallest absolute Gasteiger partial charge is 0.269 e. The second kappa shape index (κ2) is 6.93. The Balaban J connectivity index is 2.07. The zero-order chi connectivity index (χ0) is 20.5. The highest BCUT2D eigenvalue weighted by Gasteiger charge is 2.47. The molecule has 0 saturated heterocycles. The van der Waals surface area contributed by atoms with Crippen LogP contribution in [0.2, 0.25) is 0 Å². The first-order valence-electron chi connectivity index (χ1n) is 8.67. The first kappa shape index (κ1) is 19.3. The number of benzene rings is 1. The number of rotatable bonds is 5. The number of carbonyl (C=O) groups excluding carboxylic acids is 1. The molecule has 9 heteroatoms. The van der Waals surface area contributed by atoms with Crippen molar-refractivity contribution >= 4 is 17.4 Å².